The van der Waals surface area contributed by atoms with Crippen molar-refractivity contribution >= 4 is 11.8 Å². The van der Waals surface area contributed by atoms with Crippen molar-refractivity contribution in [2.75, 3.05) is 29.9 Å². The standard InChI is InChI=1S/C17H28N4/c1-4-21(5-2)17-19-14(3)13-16(20-17)18-12-11-15-9-7-6-8-10-15/h9,13H,4-8,10-12H2,1-3H3,(H,18,19,20). The van der Waals surface area contributed by atoms with Crippen LogP contribution in [-0.4, -0.2) is 29.6 Å². The highest BCUT2D eigenvalue weighted by molar-refractivity contribution is 5.43. The van der Waals surface area contributed by atoms with Gasteiger partial charge in [-0.25, -0.2) is 4.98 Å². The molecule has 0 spiro atoms. The fourth-order valence-corrected chi connectivity index (χ4v) is 2.77. The van der Waals surface area contributed by atoms with Crippen LogP contribution in [-0.2, 0) is 0 Å². The van der Waals surface area contributed by atoms with Gasteiger partial charge in [0.15, 0.2) is 0 Å². The summed E-state index contributed by atoms with van der Waals surface area (Å²) in [5.41, 5.74) is 2.62. The van der Waals surface area contributed by atoms with E-state index in [2.05, 4.69) is 40.1 Å². The maximum absolute atomic E-state index is 4.64. The molecule has 2 rings (SSSR count). The van der Waals surface area contributed by atoms with Gasteiger partial charge in [0, 0.05) is 31.4 Å². The molecule has 1 aromatic heterocycles. The maximum Gasteiger partial charge on any atom is 0.227 e. The van der Waals surface area contributed by atoms with Crippen molar-refractivity contribution in [2.24, 2.45) is 0 Å². The van der Waals surface area contributed by atoms with Crippen molar-refractivity contribution in [1.82, 2.24) is 9.97 Å². The number of allylic oxidation sites excluding steroid dienone is 1. The minimum Gasteiger partial charge on any atom is -0.370 e. The second kappa shape index (κ2) is 8.01. The lowest BCUT2D eigenvalue weighted by atomic mass is 9.97. The summed E-state index contributed by atoms with van der Waals surface area (Å²) in [6.45, 7) is 9.14. The molecule has 0 bridgehead atoms. The smallest absolute Gasteiger partial charge is 0.227 e. The third-order valence-electron chi connectivity index (χ3n) is 4.03. The van der Waals surface area contributed by atoms with Gasteiger partial charge < -0.3 is 10.2 Å². The van der Waals surface area contributed by atoms with Crippen molar-refractivity contribution in [3.8, 4) is 0 Å². The molecular weight excluding hydrogens is 260 g/mol. The average molecular weight is 288 g/mol. The second-order valence-corrected chi connectivity index (χ2v) is 5.65. The maximum atomic E-state index is 4.64. The highest BCUT2D eigenvalue weighted by Gasteiger charge is 2.08. The van der Waals surface area contributed by atoms with E-state index >= 15 is 0 Å². The van der Waals surface area contributed by atoms with Gasteiger partial charge in [0.2, 0.25) is 5.95 Å². The van der Waals surface area contributed by atoms with Crippen molar-refractivity contribution in [2.45, 2.75) is 52.9 Å². The molecule has 4 nitrogen and oxygen atoms in total. The van der Waals surface area contributed by atoms with Gasteiger partial charge in [0.05, 0.1) is 0 Å². The lowest BCUT2D eigenvalue weighted by Gasteiger charge is -2.20. The van der Waals surface area contributed by atoms with Crippen molar-refractivity contribution in [1.29, 1.82) is 0 Å². The molecule has 1 heterocycles. The molecule has 0 aliphatic heterocycles. The zero-order chi connectivity index (χ0) is 15.1. The van der Waals surface area contributed by atoms with Crippen LogP contribution in [0.4, 0.5) is 11.8 Å². The van der Waals surface area contributed by atoms with E-state index in [0.29, 0.717) is 0 Å². The highest BCUT2D eigenvalue weighted by Crippen LogP contribution is 2.20. The first-order valence-electron chi connectivity index (χ1n) is 8.25. The minimum atomic E-state index is 0.833. The Bertz CT molecular complexity index is 478. The zero-order valence-corrected chi connectivity index (χ0v) is 13.7. The summed E-state index contributed by atoms with van der Waals surface area (Å²) in [7, 11) is 0. The van der Waals surface area contributed by atoms with E-state index in [4.69, 9.17) is 0 Å². The van der Waals surface area contributed by atoms with Gasteiger partial charge in [-0.15, -0.1) is 0 Å². The number of aryl methyl sites for hydroxylation is 1. The van der Waals surface area contributed by atoms with Crippen LogP contribution < -0.4 is 10.2 Å². The second-order valence-electron chi connectivity index (χ2n) is 5.65. The number of rotatable bonds is 7. The van der Waals surface area contributed by atoms with Gasteiger partial charge in [-0.1, -0.05) is 11.6 Å². The summed E-state index contributed by atoms with van der Waals surface area (Å²) in [6.07, 6.45) is 8.78. The molecule has 0 atom stereocenters. The Morgan fingerprint density at radius 2 is 2.00 bits per heavy atom. The molecule has 0 saturated carbocycles. The van der Waals surface area contributed by atoms with E-state index in [1.165, 1.54) is 25.7 Å². The predicted octanol–water partition coefficient (Wildman–Crippen LogP) is 3.93. The van der Waals surface area contributed by atoms with Crippen LogP contribution in [0.2, 0.25) is 0 Å². The number of hydrogen-bond acceptors (Lipinski definition) is 4. The molecule has 1 N–H and O–H groups in total. The molecule has 1 aliphatic carbocycles. The summed E-state index contributed by atoms with van der Waals surface area (Å²) < 4.78 is 0. The molecule has 1 aliphatic rings. The van der Waals surface area contributed by atoms with Crippen molar-refractivity contribution in [3.05, 3.63) is 23.4 Å². The SMILES string of the molecule is CCN(CC)c1nc(C)cc(NCCC2=CCCCC2)n1. The Morgan fingerprint density at radius 1 is 1.19 bits per heavy atom. The van der Waals surface area contributed by atoms with Crippen LogP contribution in [0, 0.1) is 6.92 Å². The van der Waals surface area contributed by atoms with Gasteiger partial charge in [0.1, 0.15) is 5.82 Å². The third kappa shape index (κ3) is 4.73. The summed E-state index contributed by atoms with van der Waals surface area (Å²) in [5, 5.41) is 3.46. The van der Waals surface area contributed by atoms with E-state index in [1.807, 2.05) is 13.0 Å². The third-order valence-corrected chi connectivity index (χ3v) is 4.03. The van der Waals surface area contributed by atoms with E-state index < -0.39 is 0 Å². The van der Waals surface area contributed by atoms with Gasteiger partial charge in [-0.05, 0) is 52.9 Å². The Labute approximate surface area is 128 Å². The normalized spacial score (nSPS) is 14.7. The number of hydrogen-bond donors (Lipinski definition) is 1. The van der Waals surface area contributed by atoms with Crippen LogP contribution >= 0.6 is 0 Å². The first-order chi connectivity index (χ1) is 10.2. The van der Waals surface area contributed by atoms with Gasteiger partial charge in [-0.3, -0.25) is 0 Å². The monoisotopic (exact) mass is 288 g/mol. The fourth-order valence-electron chi connectivity index (χ4n) is 2.77. The molecule has 0 amide bonds. The van der Waals surface area contributed by atoms with E-state index in [-0.39, 0.29) is 0 Å². The van der Waals surface area contributed by atoms with Crippen molar-refractivity contribution in [3.63, 3.8) is 0 Å². The Morgan fingerprint density at radius 3 is 2.67 bits per heavy atom. The summed E-state index contributed by atoms with van der Waals surface area (Å²) in [6, 6.07) is 2.03. The minimum absolute atomic E-state index is 0.833. The van der Waals surface area contributed by atoms with Crippen LogP contribution in [0.5, 0.6) is 0 Å². The lowest BCUT2D eigenvalue weighted by Crippen LogP contribution is -2.24. The highest BCUT2D eigenvalue weighted by atomic mass is 15.3. The van der Waals surface area contributed by atoms with Crippen LogP contribution in [0.25, 0.3) is 0 Å². The predicted molar refractivity (Wildman–Crippen MR) is 90.0 cm³/mol. The first-order valence-corrected chi connectivity index (χ1v) is 8.25. The molecular formula is C17H28N4. The largest absolute Gasteiger partial charge is 0.370 e. The topological polar surface area (TPSA) is 41.1 Å². The Kier molecular flexibility index (Phi) is 6.03. The molecule has 4 heteroatoms. The quantitative estimate of drug-likeness (QED) is 0.772. The molecule has 116 valence electrons. The first kappa shape index (κ1) is 15.8. The zero-order valence-electron chi connectivity index (χ0n) is 13.7. The fraction of sp³-hybridized carbons (Fsp3) is 0.647. The number of aromatic nitrogens is 2. The van der Waals surface area contributed by atoms with Gasteiger partial charge in [-0.2, -0.15) is 4.98 Å². The molecule has 0 fully saturated rings. The van der Waals surface area contributed by atoms with Gasteiger partial charge in [0.25, 0.3) is 0 Å². The van der Waals surface area contributed by atoms with E-state index in [0.717, 1.165) is 43.5 Å². The lowest BCUT2D eigenvalue weighted by molar-refractivity contribution is 0.679. The Balaban J connectivity index is 1.94. The molecule has 21 heavy (non-hydrogen) atoms. The van der Waals surface area contributed by atoms with E-state index in [1.54, 1.807) is 5.57 Å². The molecule has 1 aromatic rings. The number of nitrogens with zero attached hydrogens (tertiary/aromatic N) is 3. The van der Waals surface area contributed by atoms with Crippen molar-refractivity contribution < 1.29 is 0 Å². The van der Waals surface area contributed by atoms with Crippen LogP contribution in [0.1, 0.15) is 51.6 Å². The molecule has 0 radical (unpaired) electrons. The van der Waals surface area contributed by atoms with Crippen LogP contribution in [0.15, 0.2) is 17.7 Å². The van der Waals surface area contributed by atoms with Crippen LogP contribution in [0.3, 0.4) is 0 Å². The molecule has 0 unspecified atom stereocenters. The summed E-state index contributed by atoms with van der Waals surface area (Å²) >= 11 is 0. The average Bonchev–Trinajstić information content (AvgIpc) is 2.49. The Hall–Kier alpha value is -1.58. The molecule has 0 aromatic carbocycles. The number of nitrogens with one attached hydrogen (secondary N) is 1. The number of anilines is 2. The molecule has 0 saturated heterocycles. The summed E-state index contributed by atoms with van der Waals surface area (Å²) in [5.74, 6) is 1.78. The van der Waals surface area contributed by atoms with Gasteiger partial charge >= 0.3 is 0 Å². The summed E-state index contributed by atoms with van der Waals surface area (Å²) in [4.78, 5) is 11.4. The van der Waals surface area contributed by atoms with E-state index in [9.17, 15) is 0 Å².